The predicted octanol–water partition coefficient (Wildman–Crippen LogP) is 0.901. The van der Waals surface area contributed by atoms with E-state index in [0.29, 0.717) is 13.2 Å². The molecule has 0 aromatic rings. The summed E-state index contributed by atoms with van der Waals surface area (Å²) >= 11 is 0. The zero-order valence-corrected chi connectivity index (χ0v) is 8.24. The molecule has 1 aliphatic rings. The van der Waals surface area contributed by atoms with Gasteiger partial charge in [-0.2, -0.15) is 0 Å². The van der Waals surface area contributed by atoms with Crippen molar-refractivity contribution in [1.29, 1.82) is 0 Å². The van der Waals surface area contributed by atoms with E-state index < -0.39 is 11.9 Å². The first-order chi connectivity index (χ1) is 5.92. The number of ether oxygens (including phenoxy) is 2. The molecule has 1 aliphatic heterocycles. The third-order valence-electron chi connectivity index (χ3n) is 2.15. The highest BCUT2D eigenvalue weighted by Gasteiger charge is 2.35. The number of hydrogen-bond donors (Lipinski definition) is 1. The molecule has 0 amide bonds. The second kappa shape index (κ2) is 3.64. The van der Waals surface area contributed by atoms with Gasteiger partial charge in [0.1, 0.15) is 0 Å². The van der Waals surface area contributed by atoms with Crippen LogP contribution in [0.2, 0.25) is 0 Å². The van der Waals surface area contributed by atoms with E-state index in [1.165, 1.54) is 0 Å². The molecule has 1 N–H and O–H groups in total. The van der Waals surface area contributed by atoms with Crippen LogP contribution in [0.1, 0.15) is 20.8 Å². The van der Waals surface area contributed by atoms with Crippen molar-refractivity contribution in [2.45, 2.75) is 32.5 Å². The van der Waals surface area contributed by atoms with Crippen molar-refractivity contribution in [3.8, 4) is 0 Å². The maximum absolute atomic E-state index is 10.7. The number of carboxylic acid groups (broad SMARTS) is 1. The smallest absolute Gasteiger partial charge is 0.308 e. The maximum Gasteiger partial charge on any atom is 0.308 e. The Bertz CT molecular complexity index is 200. The van der Waals surface area contributed by atoms with Crippen LogP contribution in [0.5, 0.6) is 0 Å². The lowest BCUT2D eigenvalue weighted by Gasteiger charge is -2.37. The van der Waals surface area contributed by atoms with Crippen LogP contribution in [-0.4, -0.2) is 36.0 Å². The van der Waals surface area contributed by atoms with Crippen molar-refractivity contribution < 1.29 is 19.4 Å². The van der Waals surface area contributed by atoms with E-state index in [1.54, 1.807) is 6.92 Å². The van der Waals surface area contributed by atoms with Gasteiger partial charge in [-0.1, -0.05) is 0 Å². The minimum absolute atomic E-state index is 0.332. The number of carbonyl (C=O) groups is 1. The summed E-state index contributed by atoms with van der Waals surface area (Å²) < 4.78 is 10.9. The molecule has 0 aromatic carbocycles. The zero-order valence-electron chi connectivity index (χ0n) is 8.24. The Morgan fingerprint density at radius 1 is 1.62 bits per heavy atom. The summed E-state index contributed by atoms with van der Waals surface area (Å²) in [4.78, 5) is 10.7. The molecule has 1 rings (SSSR count). The fourth-order valence-corrected chi connectivity index (χ4v) is 1.30. The third kappa shape index (κ3) is 2.67. The van der Waals surface area contributed by atoms with E-state index in [0.717, 1.165) is 0 Å². The van der Waals surface area contributed by atoms with Crippen LogP contribution >= 0.6 is 0 Å². The van der Waals surface area contributed by atoms with E-state index >= 15 is 0 Å². The fourth-order valence-electron chi connectivity index (χ4n) is 1.30. The average Bonchev–Trinajstić information content (AvgIpc) is 2.01. The number of aliphatic carboxylic acids is 1. The van der Waals surface area contributed by atoms with Crippen molar-refractivity contribution in [1.82, 2.24) is 0 Å². The normalized spacial score (nSPS) is 29.6. The zero-order chi connectivity index (χ0) is 10.1. The molecule has 0 spiro atoms. The van der Waals surface area contributed by atoms with Crippen molar-refractivity contribution in [3.63, 3.8) is 0 Å². The number of carboxylic acids is 1. The molecule has 0 aromatic heterocycles. The van der Waals surface area contributed by atoms with Crippen LogP contribution in [0, 0.1) is 5.92 Å². The molecule has 0 aliphatic carbocycles. The van der Waals surface area contributed by atoms with Gasteiger partial charge in [0.2, 0.25) is 0 Å². The second-order valence-corrected chi connectivity index (χ2v) is 4.06. The Kier molecular flexibility index (Phi) is 2.93. The first-order valence-corrected chi connectivity index (χ1v) is 4.41. The molecular weight excluding hydrogens is 172 g/mol. The quantitative estimate of drug-likeness (QED) is 0.699. The van der Waals surface area contributed by atoms with Crippen LogP contribution in [0.4, 0.5) is 0 Å². The molecular formula is C9H16O4. The van der Waals surface area contributed by atoms with Gasteiger partial charge in [0, 0.05) is 0 Å². The Labute approximate surface area is 77.8 Å². The van der Waals surface area contributed by atoms with Gasteiger partial charge in [-0.05, 0) is 20.8 Å². The van der Waals surface area contributed by atoms with E-state index in [1.807, 2.05) is 13.8 Å². The van der Waals surface area contributed by atoms with Gasteiger partial charge in [-0.3, -0.25) is 4.79 Å². The van der Waals surface area contributed by atoms with Crippen molar-refractivity contribution >= 4 is 5.97 Å². The fraction of sp³-hybridized carbons (Fsp3) is 0.889. The highest BCUT2D eigenvalue weighted by atomic mass is 16.6. The van der Waals surface area contributed by atoms with Gasteiger partial charge in [0.15, 0.2) is 0 Å². The first-order valence-electron chi connectivity index (χ1n) is 4.41. The van der Waals surface area contributed by atoms with Gasteiger partial charge < -0.3 is 14.6 Å². The molecule has 4 heteroatoms. The Balaban J connectivity index is 2.56. The standard InChI is InChI=1S/C9H16O4/c1-6(8(10)11)7-4-12-5-9(2,3)13-7/h6-7H,4-5H2,1-3H3,(H,10,11)/t6-,7?/m1/s1. The topological polar surface area (TPSA) is 55.8 Å². The number of hydrogen-bond acceptors (Lipinski definition) is 3. The molecule has 4 nitrogen and oxygen atoms in total. The minimum Gasteiger partial charge on any atom is -0.481 e. The lowest BCUT2D eigenvalue weighted by atomic mass is 10.0. The van der Waals surface area contributed by atoms with Crippen molar-refractivity contribution in [2.75, 3.05) is 13.2 Å². The van der Waals surface area contributed by atoms with Gasteiger partial charge >= 0.3 is 5.97 Å². The molecule has 0 bridgehead atoms. The van der Waals surface area contributed by atoms with Gasteiger partial charge in [-0.15, -0.1) is 0 Å². The lowest BCUT2D eigenvalue weighted by Crippen LogP contribution is -2.47. The van der Waals surface area contributed by atoms with Crippen LogP contribution in [0.15, 0.2) is 0 Å². The Morgan fingerprint density at radius 2 is 2.23 bits per heavy atom. The molecule has 13 heavy (non-hydrogen) atoms. The largest absolute Gasteiger partial charge is 0.481 e. The second-order valence-electron chi connectivity index (χ2n) is 4.06. The van der Waals surface area contributed by atoms with E-state index in [-0.39, 0.29) is 11.7 Å². The van der Waals surface area contributed by atoms with Crippen LogP contribution < -0.4 is 0 Å². The SMILES string of the molecule is C[C@@H](C(=O)O)C1COCC(C)(C)O1. The first kappa shape index (κ1) is 10.5. The van der Waals surface area contributed by atoms with Gasteiger partial charge in [0.25, 0.3) is 0 Å². The molecule has 1 unspecified atom stereocenters. The molecule has 76 valence electrons. The minimum atomic E-state index is -0.841. The molecule has 1 saturated heterocycles. The summed E-state index contributed by atoms with van der Waals surface area (Å²) in [6, 6.07) is 0. The molecule has 0 radical (unpaired) electrons. The molecule has 2 atom stereocenters. The highest BCUT2D eigenvalue weighted by Crippen LogP contribution is 2.23. The average molecular weight is 188 g/mol. The van der Waals surface area contributed by atoms with Crippen LogP contribution in [0.25, 0.3) is 0 Å². The summed E-state index contributed by atoms with van der Waals surface area (Å²) in [5, 5.41) is 8.77. The molecule has 1 heterocycles. The summed E-state index contributed by atoms with van der Waals surface area (Å²) in [7, 11) is 0. The molecule has 1 fully saturated rings. The maximum atomic E-state index is 10.7. The van der Waals surface area contributed by atoms with Crippen molar-refractivity contribution in [3.05, 3.63) is 0 Å². The lowest BCUT2D eigenvalue weighted by molar-refractivity contribution is -0.201. The third-order valence-corrected chi connectivity index (χ3v) is 2.15. The van der Waals surface area contributed by atoms with Crippen molar-refractivity contribution in [2.24, 2.45) is 5.92 Å². The Morgan fingerprint density at radius 3 is 2.69 bits per heavy atom. The molecule has 0 saturated carbocycles. The van der Waals surface area contributed by atoms with Crippen LogP contribution in [0.3, 0.4) is 0 Å². The predicted molar refractivity (Wildman–Crippen MR) is 46.6 cm³/mol. The summed E-state index contributed by atoms with van der Waals surface area (Å²) in [6.07, 6.45) is -0.332. The highest BCUT2D eigenvalue weighted by molar-refractivity contribution is 5.70. The van der Waals surface area contributed by atoms with Crippen LogP contribution in [-0.2, 0) is 14.3 Å². The van der Waals surface area contributed by atoms with Gasteiger partial charge in [0.05, 0.1) is 30.8 Å². The van der Waals surface area contributed by atoms with E-state index in [4.69, 9.17) is 14.6 Å². The van der Waals surface area contributed by atoms with Gasteiger partial charge in [-0.25, -0.2) is 0 Å². The summed E-state index contributed by atoms with van der Waals surface area (Å²) in [6.45, 7) is 6.33. The monoisotopic (exact) mass is 188 g/mol. The van der Waals surface area contributed by atoms with E-state index in [9.17, 15) is 4.79 Å². The summed E-state index contributed by atoms with van der Waals surface area (Å²) in [5.74, 6) is -1.36. The number of rotatable bonds is 2. The Hall–Kier alpha value is -0.610. The van der Waals surface area contributed by atoms with E-state index in [2.05, 4.69) is 0 Å². The summed E-state index contributed by atoms with van der Waals surface area (Å²) in [5.41, 5.74) is -0.368.